The number of methoxy groups -OCH3 is 1. The smallest absolute Gasteiger partial charge is 0.152 e. The average Bonchev–Trinajstić information content (AvgIpc) is 2.67. The minimum absolute atomic E-state index is 0.0265. The summed E-state index contributed by atoms with van der Waals surface area (Å²) in [6.45, 7) is 6.08. The number of anilines is 1. The molecule has 0 spiro atoms. The standard InChI is InChI=1S/C22H26IN3O2/c1-13(23)14-8-9-18(19(27)10-14)20-16-6-4-5-7-17(16)21(26-25-20)24-15-11-22(2,12-15)28-3/h8-10,15,27H,1,4-7,11-12H2,2-3H3,(H,24,26). The van der Waals surface area contributed by atoms with E-state index in [-0.39, 0.29) is 11.4 Å². The molecule has 2 aromatic rings. The number of aromatic hydroxyl groups is 1. The molecule has 0 atom stereocenters. The van der Waals surface area contributed by atoms with Crippen molar-refractivity contribution in [3.8, 4) is 17.0 Å². The Balaban J connectivity index is 1.66. The summed E-state index contributed by atoms with van der Waals surface area (Å²) in [5.74, 6) is 1.13. The molecule has 0 amide bonds. The van der Waals surface area contributed by atoms with Gasteiger partial charge in [-0.2, -0.15) is 0 Å². The number of nitrogens with one attached hydrogen (secondary N) is 1. The zero-order chi connectivity index (χ0) is 19.9. The van der Waals surface area contributed by atoms with E-state index in [1.165, 1.54) is 11.1 Å². The molecule has 5 nitrogen and oxygen atoms in total. The van der Waals surface area contributed by atoms with Crippen LogP contribution in [-0.4, -0.2) is 34.1 Å². The van der Waals surface area contributed by atoms with Gasteiger partial charge in [0, 0.05) is 27.9 Å². The average molecular weight is 491 g/mol. The second-order valence-electron chi connectivity index (χ2n) is 8.10. The van der Waals surface area contributed by atoms with E-state index in [0.717, 1.165) is 64.7 Å². The lowest BCUT2D eigenvalue weighted by atomic mass is 9.77. The largest absolute Gasteiger partial charge is 0.507 e. The van der Waals surface area contributed by atoms with Gasteiger partial charge in [-0.3, -0.25) is 0 Å². The summed E-state index contributed by atoms with van der Waals surface area (Å²) in [5.41, 5.74) is 4.92. The van der Waals surface area contributed by atoms with Crippen LogP contribution >= 0.6 is 22.6 Å². The van der Waals surface area contributed by atoms with Gasteiger partial charge in [0.15, 0.2) is 5.82 Å². The predicted molar refractivity (Wildman–Crippen MR) is 121 cm³/mol. The molecule has 1 aromatic carbocycles. The summed E-state index contributed by atoms with van der Waals surface area (Å²) in [6, 6.07) is 6.04. The van der Waals surface area contributed by atoms with Crippen LogP contribution in [0.5, 0.6) is 5.75 Å². The number of phenols is 1. The molecule has 2 aliphatic rings. The molecule has 0 bridgehead atoms. The number of halogens is 1. The van der Waals surface area contributed by atoms with E-state index >= 15 is 0 Å². The minimum atomic E-state index is -0.0265. The maximum Gasteiger partial charge on any atom is 0.152 e. The number of fused-ring (bicyclic) bond motifs is 1. The number of aromatic nitrogens is 2. The van der Waals surface area contributed by atoms with Crippen molar-refractivity contribution in [1.29, 1.82) is 0 Å². The van der Waals surface area contributed by atoms with Crippen molar-refractivity contribution < 1.29 is 9.84 Å². The zero-order valence-electron chi connectivity index (χ0n) is 16.4. The van der Waals surface area contributed by atoms with Gasteiger partial charge in [0.25, 0.3) is 0 Å². The van der Waals surface area contributed by atoms with Crippen LogP contribution in [0.1, 0.15) is 49.3 Å². The fourth-order valence-electron chi connectivity index (χ4n) is 4.33. The van der Waals surface area contributed by atoms with Crippen LogP contribution in [0, 0.1) is 0 Å². The molecule has 0 unspecified atom stereocenters. The molecule has 0 radical (unpaired) electrons. The summed E-state index contributed by atoms with van der Waals surface area (Å²) in [4.78, 5) is 0. The van der Waals surface area contributed by atoms with E-state index in [0.29, 0.717) is 6.04 Å². The first kappa shape index (κ1) is 19.6. The van der Waals surface area contributed by atoms with E-state index in [1.807, 2.05) is 12.1 Å². The van der Waals surface area contributed by atoms with Crippen LogP contribution in [0.2, 0.25) is 0 Å². The molecule has 2 aliphatic carbocycles. The molecule has 0 aliphatic heterocycles. The first-order valence-electron chi connectivity index (χ1n) is 9.78. The Labute approximate surface area is 179 Å². The Bertz CT molecular complexity index is 922. The van der Waals surface area contributed by atoms with Gasteiger partial charge in [0.1, 0.15) is 11.4 Å². The highest BCUT2D eigenvalue weighted by atomic mass is 127. The molecule has 28 heavy (non-hydrogen) atoms. The summed E-state index contributed by atoms with van der Waals surface area (Å²) < 4.78 is 6.46. The molecule has 0 saturated heterocycles. The van der Waals surface area contributed by atoms with Crippen LogP contribution < -0.4 is 5.32 Å². The molecule has 148 valence electrons. The summed E-state index contributed by atoms with van der Waals surface area (Å²) in [7, 11) is 1.78. The molecule has 1 fully saturated rings. The van der Waals surface area contributed by atoms with Crippen LogP contribution in [0.4, 0.5) is 5.82 Å². The molecule has 1 saturated carbocycles. The number of nitrogens with zero attached hydrogens (tertiary/aromatic N) is 2. The first-order valence-corrected chi connectivity index (χ1v) is 10.9. The van der Waals surface area contributed by atoms with Crippen LogP contribution in [0.3, 0.4) is 0 Å². The van der Waals surface area contributed by atoms with Crippen molar-refractivity contribution in [2.75, 3.05) is 12.4 Å². The third-order valence-electron chi connectivity index (χ3n) is 6.05. The van der Waals surface area contributed by atoms with E-state index in [1.54, 1.807) is 13.2 Å². The second-order valence-corrected chi connectivity index (χ2v) is 9.40. The van der Waals surface area contributed by atoms with Gasteiger partial charge in [-0.05, 0) is 91.3 Å². The number of rotatable bonds is 5. The van der Waals surface area contributed by atoms with Crippen LogP contribution in [-0.2, 0) is 17.6 Å². The fraction of sp³-hybridized carbons (Fsp3) is 0.455. The zero-order valence-corrected chi connectivity index (χ0v) is 18.5. The lowest BCUT2D eigenvalue weighted by Gasteiger charge is -2.44. The summed E-state index contributed by atoms with van der Waals surface area (Å²) in [5, 5.41) is 23.3. The molecule has 1 heterocycles. The number of hydrogen-bond donors (Lipinski definition) is 2. The number of ether oxygens (including phenoxy) is 1. The molecule has 2 N–H and O–H groups in total. The van der Waals surface area contributed by atoms with Crippen molar-refractivity contribution in [2.45, 2.75) is 57.1 Å². The van der Waals surface area contributed by atoms with Crippen molar-refractivity contribution in [3.63, 3.8) is 0 Å². The Morgan fingerprint density at radius 3 is 2.61 bits per heavy atom. The van der Waals surface area contributed by atoms with Crippen molar-refractivity contribution >= 4 is 32.0 Å². The molecule has 6 heteroatoms. The maximum atomic E-state index is 10.6. The van der Waals surface area contributed by atoms with Crippen LogP contribution in [0.25, 0.3) is 14.8 Å². The van der Waals surface area contributed by atoms with Gasteiger partial charge in [0.2, 0.25) is 0 Å². The third kappa shape index (κ3) is 3.64. The van der Waals surface area contributed by atoms with E-state index in [4.69, 9.17) is 4.74 Å². The fourth-order valence-corrected chi connectivity index (χ4v) is 4.66. The van der Waals surface area contributed by atoms with Gasteiger partial charge in [0.05, 0.1) is 5.60 Å². The lowest BCUT2D eigenvalue weighted by Crippen LogP contribution is -2.50. The number of benzene rings is 1. The van der Waals surface area contributed by atoms with Crippen molar-refractivity contribution in [2.24, 2.45) is 0 Å². The van der Waals surface area contributed by atoms with Gasteiger partial charge < -0.3 is 15.2 Å². The highest BCUT2D eigenvalue weighted by Crippen LogP contribution is 2.40. The normalized spacial score (nSPS) is 23.6. The third-order valence-corrected chi connectivity index (χ3v) is 6.67. The SMILES string of the molecule is C=C(I)c1ccc(-c2nnc(NC3CC(C)(OC)C3)c3c2CCCC3)c(O)c1. The molecule has 4 rings (SSSR count). The second kappa shape index (κ2) is 7.63. The Kier molecular flexibility index (Phi) is 5.35. The maximum absolute atomic E-state index is 10.6. The Morgan fingerprint density at radius 1 is 1.25 bits per heavy atom. The summed E-state index contributed by atoms with van der Waals surface area (Å²) >= 11 is 2.16. The molecular formula is C22H26IN3O2. The highest BCUT2D eigenvalue weighted by Gasteiger charge is 2.41. The van der Waals surface area contributed by atoms with Crippen molar-refractivity contribution in [1.82, 2.24) is 10.2 Å². The number of phenolic OH excluding ortho intramolecular Hbond substituents is 1. The van der Waals surface area contributed by atoms with Gasteiger partial charge in [-0.1, -0.05) is 12.6 Å². The predicted octanol–water partition coefficient (Wildman–Crippen LogP) is 5.11. The highest BCUT2D eigenvalue weighted by molar-refractivity contribution is 14.1. The summed E-state index contributed by atoms with van der Waals surface area (Å²) in [6.07, 6.45) is 6.22. The Morgan fingerprint density at radius 2 is 1.96 bits per heavy atom. The van der Waals surface area contributed by atoms with E-state index in [9.17, 15) is 5.11 Å². The quantitative estimate of drug-likeness (QED) is 0.569. The van der Waals surface area contributed by atoms with Gasteiger partial charge in [-0.25, -0.2) is 0 Å². The van der Waals surface area contributed by atoms with Gasteiger partial charge in [-0.15, -0.1) is 10.2 Å². The van der Waals surface area contributed by atoms with Gasteiger partial charge >= 0.3 is 0 Å². The topological polar surface area (TPSA) is 67.3 Å². The monoisotopic (exact) mass is 491 g/mol. The number of hydrogen-bond acceptors (Lipinski definition) is 5. The molecule has 1 aromatic heterocycles. The van der Waals surface area contributed by atoms with E-state index in [2.05, 4.69) is 51.6 Å². The Hall–Kier alpha value is -1.67. The van der Waals surface area contributed by atoms with Crippen LogP contribution in [0.15, 0.2) is 24.8 Å². The first-order chi connectivity index (χ1) is 13.4. The lowest BCUT2D eigenvalue weighted by molar-refractivity contribution is -0.0625. The molecular weight excluding hydrogens is 465 g/mol. The van der Waals surface area contributed by atoms with E-state index < -0.39 is 0 Å². The minimum Gasteiger partial charge on any atom is -0.507 e. The van der Waals surface area contributed by atoms with Crippen molar-refractivity contribution in [3.05, 3.63) is 41.5 Å².